The number of rotatable bonds is 5. The van der Waals surface area contributed by atoms with Crippen molar-refractivity contribution in [2.45, 2.75) is 6.92 Å². The second-order valence-electron chi connectivity index (χ2n) is 4.44. The lowest BCUT2D eigenvalue weighted by Crippen LogP contribution is -2.28. The Morgan fingerprint density at radius 3 is 2.78 bits per heavy atom. The average Bonchev–Trinajstić information content (AvgIpc) is 2.75. The van der Waals surface area contributed by atoms with E-state index >= 15 is 0 Å². The van der Waals surface area contributed by atoms with Gasteiger partial charge in [0.2, 0.25) is 0 Å². The standard InChI is InChI=1S/C16H14INO4S/c1-4-6-18-15(19)13(23-16(18)20)9-10-7-11(17)14(21-3)12(8-10)22-5-2/h1,7-9H,5-6H2,2-3H3/b13-9-. The lowest BCUT2D eigenvalue weighted by Gasteiger charge is -2.12. The Morgan fingerprint density at radius 1 is 1.43 bits per heavy atom. The first-order valence-corrected chi connectivity index (χ1v) is 8.60. The number of carbonyl (C=O) groups excluding carboxylic acids is 2. The Kier molecular flexibility index (Phi) is 5.96. The molecule has 7 heteroatoms. The van der Waals surface area contributed by atoms with E-state index in [2.05, 4.69) is 28.5 Å². The van der Waals surface area contributed by atoms with Crippen molar-refractivity contribution in [1.29, 1.82) is 0 Å². The van der Waals surface area contributed by atoms with Gasteiger partial charge in [-0.2, -0.15) is 0 Å². The molecule has 120 valence electrons. The Bertz CT molecular complexity index is 724. The van der Waals surface area contributed by atoms with E-state index in [1.165, 1.54) is 0 Å². The van der Waals surface area contributed by atoms with Crippen molar-refractivity contribution < 1.29 is 19.1 Å². The third-order valence-corrected chi connectivity index (χ3v) is 4.67. The van der Waals surface area contributed by atoms with Crippen LogP contribution >= 0.6 is 34.4 Å². The van der Waals surface area contributed by atoms with E-state index in [4.69, 9.17) is 15.9 Å². The van der Waals surface area contributed by atoms with E-state index in [1.807, 2.05) is 13.0 Å². The number of imide groups is 1. The second-order valence-corrected chi connectivity index (χ2v) is 6.59. The van der Waals surface area contributed by atoms with Crippen molar-refractivity contribution in [2.75, 3.05) is 20.3 Å². The van der Waals surface area contributed by atoms with Gasteiger partial charge in [-0.05, 0) is 65.0 Å². The van der Waals surface area contributed by atoms with Gasteiger partial charge in [-0.3, -0.25) is 14.5 Å². The molecule has 1 aliphatic heterocycles. The summed E-state index contributed by atoms with van der Waals surface area (Å²) in [5.74, 6) is 3.17. The number of benzene rings is 1. The highest BCUT2D eigenvalue weighted by Gasteiger charge is 2.34. The monoisotopic (exact) mass is 443 g/mol. The van der Waals surface area contributed by atoms with Crippen molar-refractivity contribution >= 4 is 51.6 Å². The zero-order valence-corrected chi connectivity index (χ0v) is 15.6. The molecule has 23 heavy (non-hydrogen) atoms. The van der Waals surface area contributed by atoms with Crippen molar-refractivity contribution in [3.05, 3.63) is 26.2 Å². The zero-order valence-electron chi connectivity index (χ0n) is 12.6. The van der Waals surface area contributed by atoms with Gasteiger partial charge in [0.05, 0.1) is 28.7 Å². The van der Waals surface area contributed by atoms with Crippen molar-refractivity contribution in [3.63, 3.8) is 0 Å². The summed E-state index contributed by atoms with van der Waals surface area (Å²) in [6, 6.07) is 3.64. The molecule has 1 aromatic rings. The van der Waals surface area contributed by atoms with E-state index in [9.17, 15) is 9.59 Å². The lowest BCUT2D eigenvalue weighted by molar-refractivity contribution is -0.122. The molecule has 0 N–H and O–H groups in total. The molecule has 0 aliphatic carbocycles. The van der Waals surface area contributed by atoms with Gasteiger partial charge in [-0.25, -0.2) is 0 Å². The van der Waals surface area contributed by atoms with Crippen LogP contribution in [-0.2, 0) is 4.79 Å². The number of amides is 2. The van der Waals surface area contributed by atoms with Gasteiger partial charge in [0.1, 0.15) is 0 Å². The fraction of sp³-hybridized carbons (Fsp3) is 0.250. The van der Waals surface area contributed by atoms with Crippen LogP contribution in [0.5, 0.6) is 11.5 Å². The molecule has 0 aromatic heterocycles. The van der Waals surface area contributed by atoms with Gasteiger partial charge < -0.3 is 9.47 Å². The quantitative estimate of drug-likeness (QED) is 0.397. The summed E-state index contributed by atoms with van der Waals surface area (Å²) in [5, 5.41) is -0.354. The highest BCUT2D eigenvalue weighted by atomic mass is 127. The van der Waals surface area contributed by atoms with Crippen LogP contribution in [0.1, 0.15) is 12.5 Å². The normalized spacial score (nSPS) is 15.9. The largest absolute Gasteiger partial charge is 0.492 e. The first-order valence-electron chi connectivity index (χ1n) is 6.71. The minimum atomic E-state index is -0.373. The van der Waals surface area contributed by atoms with Crippen LogP contribution in [0.4, 0.5) is 4.79 Å². The molecule has 2 amide bonds. The number of nitrogens with zero attached hydrogens (tertiary/aromatic N) is 1. The lowest BCUT2D eigenvalue weighted by atomic mass is 10.2. The van der Waals surface area contributed by atoms with Crippen molar-refractivity contribution in [1.82, 2.24) is 4.90 Å². The molecule has 1 fully saturated rings. The zero-order chi connectivity index (χ0) is 17.0. The molecule has 1 aromatic carbocycles. The van der Waals surface area contributed by atoms with Gasteiger partial charge in [0.15, 0.2) is 11.5 Å². The number of methoxy groups -OCH3 is 1. The van der Waals surface area contributed by atoms with Crippen LogP contribution in [0.15, 0.2) is 17.0 Å². The van der Waals surface area contributed by atoms with Crippen LogP contribution in [-0.4, -0.2) is 36.3 Å². The molecular formula is C16H14INO4S. The predicted molar refractivity (Wildman–Crippen MR) is 98.4 cm³/mol. The summed E-state index contributed by atoms with van der Waals surface area (Å²) in [5.41, 5.74) is 0.754. The molecule has 0 spiro atoms. The molecule has 0 bridgehead atoms. The van der Waals surface area contributed by atoms with Crippen molar-refractivity contribution in [2.24, 2.45) is 0 Å². The minimum Gasteiger partial charge on any atom is -0.492 e. The molecule has 0 radical (unpaired) electrons. The number of ether oxygens (including phenoxy) is 2. The first-order chi connectivity index (χ1) is 11.0. The van der Waals surface area contributed by atoms with E-state index in [1.54, 1.807) is 19.3 Å². The van der Waals surface area contributed by atoms with Gasteiger partial charge in [-0.15, -0.1) is 6.42 Å². The van der Waals surface area contributed by atoms with Gasteiger partial charge in [-0.1, -0.05) is 5.92 Å². The van der Waals surface area contributed by atoms with Crippen LogP contribution in [0.25, 0.3) is 6.08 Å². The maximum atomic E-state index is 12.2. The molecule has 0 atom stereocenters. The predicted octanol–water partition coefficient (Wildman–Crippen LogP) is 3.37. The minimum absolute atomic E-state index is 0.0215. The van der Waals surface area contributed by atoms with Crippen LogP contribution < -0.4 is 9.47 Å². The maximum absolute atomic E-state index is 12.2. The topological polar surface area (TPSA) is 55.8 Å². The highest BCUT2D eigenvalue weighted by Crippen LogP contribution is 2.37. The van der Waals surface area contributed by atoms with Gasteiger partial charge >= 0.3 is 0 Å². The van der Waals surface area contributed by atoms with Gasteiger partial charge in [0.25, 0.3) is 11.1 Å². The SMILES string of the molecule is C#CCN1C(=O)S/C(=C\c2cc(I)c(OC)c(OCC)c2)C1=O. The van der Waals surface area contributed by atoms with E-state index in [0.717, 1.165) is 25.8 Å². The summed E-state index contributed by atoms with van der Waals surface area (Å²) < 4.78 is 11.7. The Morgan fingerprint density at radius 2 is 2.17 bits per heavy atom. The number of terminal acetylenes is 1. The van der Waals surface area contributed by atoms with Crippen LogP contribution in [0.3, 0.4) is 0 Å². The third kappa shape index (κ3) is 3.82. The Labute approximate surface area is 152 Å². The molecule has 0 saturated carbocycles. The molecule has 1 heterocycles. The summed E-state index contributed by atoms with van der Waals surface area (Å²) in [6.07, 6.45) is 6.84. The number of carbonyl (C=O) groups is 2. The molecular weight excluding hydrogens is 429 g/mol. The summed E-state index contributed by atoms with van der Waals surface area (Å²) in [7, 11) is 1.57. The number of thioether (sulfide) groups is 1. The first kappa shape index (κ1) is 17.7. The summed E-state index contributed by atoms with van der Waals surface area (Å²) >= 11 is 3.01. The van der Waals surface area contributed by atoms with Crippen LogP contribution in [0, 0.1) is 15.9 Å². The second kappa shape index (κ2) is 7.75. The van der Waals surface area contributed by atoms with Gasteiger partial charge in [0, 0.05) is 0 Å². The molecule has 2 rings (SSSR count). The Hall–Kier alpha value is -1.66. The Balaban J connectivity index is 2.38. The molecule has 5 nitrogen and oxygen atoms in total. The molecule has 1 saturated heterocycles. The fourth-order valence-corrected chi connectivity index (χ4v) is 3.70. The maximum Gasteiger partial charge on any atom is 0.294 e. The molecule has 1 aliphatic rings. The third-order valence-electron chi connectivity index (χ3n) is 2.96. The number of hydrogen-bond acceptors (Lipinski definition) is 5. The number of halogens is 1. The summed E-state index contributed by atoms with van der Waals surface area (Å²) in [6.45, 7) is 2.35. The average molecular weight is 443 g/mol. The summed E-state index contributed by atoms with van der Waals surface area (Å²) in [4.78, 5) is 25.4. The van der Waals surface area contributed by atoms with Crippen molar-refractivity contribution in [3.8, 4) is 23.8 Å². The van der Waals surface area contributed by atoms with Crippen LogP contribution in [0.2, 0.25) is 0 Å². The van der Waals surface area contributed by atoms with E-state index in [0.29, 0.717) is 23.0 Å². The fourth-order valence-electron chi connectivity index (χ4n) is 2.01. The molecule has 0 unspecified atom stereocenters. The van der Waals surface area contributed by atoms with E-state index < -0.39 is 0 Å². The smallest absolute Gasteiger partial charge is 0.294 e. The van der Waals surface area contributed by atoms with E-state index in [-0.39, 0.29) is 17.7 Å². The number of hydrogen-bond donors (Lipinski definition) is 0. The highest BCUT2D eigenvalue weighted by molar-refractivity contribution is 14.1.